The van der Waals surface area contributed by atoms with Crippen LogP contribution in [-0.4, -0.2) is 32.1 Å². The van der Waals surface area contributed by atoms with E-state index < -0.39 is 27.3 Å². The lowest BCUT2D eigenvalue weighted by Crippen LogP contribution is -2.39. The van der Waals surface area contributed by atoms with Crippen molar-refractivity contribution in [1.29, 1.82) is 0 Å². The van der Waals surface area contributed by atoms with E-state index in [4.69, 9.17) is 0 Å². The standard InChI is InChI=1S/C13H16F3NO2S/c14-13(15,16)12(10-5-2-1-3-6-10)17-9-11-7-4-8-20(11,18)19/h1-3,5-6,11-12,17H,4,7-9H2. The summed E-state index contributed by atoms with van der Waals surface area (Å²) in [7, 11) is -3.24. The van der Waals surface area contributed by atoms with Crippen LogP contribution in [0.15, 0.2) is 30.3 Å². The Kier molecular flexibility index (Phi) is 4.39. The van der Waals surface area contributed by atoms with Gasteiger partial charge < -0.3 is 5.32 Å². The van der Waals surface area contributed by atoms with Gasteiger partial charge in [0.25, 0.3) is 0 Å². The van der Waals surface area contributed by atoms with Gasteiger partial charge in [0.1, 0.15) is 6.04 Å². The summed E-state index contributed by atoms with van der Waals surface area (Å²) >= 11 is 0. The number of sulfone groups is 1. The van der Waals surface area contributed by atoms with Crippen molar-refractivity contribution in [2.75, 3.05) is 12.3 Å². The highest BCUT2D eigenvalue weighted by molar-refractivity contribution is 7.92. The van der Waals surface area contributed by atoms with E-state index in [1.165, 1.54) is 24.3 Å². The van der Waals surface area contributed by atoms with Crippen molar-refractivity contribution in [3.05, 3.63) is 35.9 Å². The third-order valence-electron chi connectivity index (χ3n) is 3.47. The first-order valence-corrected chi connectivity index (χ1v) is 8.09. The van der Waals surface area contributed by atoms with Crippen LogP contribution in [0.2, 0.25) is 0 Å². The van der Waals surface area contributed by atoms with Crippen LogP contribution >= 0.6 is 0 Å². The van der Waals surface area contributed by atoms with E-state index in [0.29, 0.717) is 12.8 Å². The van der Waals surface area contributed by atoms with Crippen molar-refractivity contribution in [3.63, 3.8) is 0 Å². The summed E-state index contributed by atoms with van der Waals surface area (Å²) in [5.74, 6) is 0.0708. The quantitative estimate of drug-likeness (QED) is 0.929. The molecule has 1 aliphatic rings. The van der Waals surface area contributed by atoms with E-state index in [1.54, 1.807) is 6.07 Å². The predicted octanol–water partition coefficient (Wildman–Crippen LogP) is 2.46. The molecule has 20 heavy (non-hydrogen) atoms. The molecule has 0 aliphatic carbocycles. The Morgan fingerprint density at radius 1 is 1.25 bits per heavy atom. The van der Waals surface area contributed by atoms with E-state index in [0.717, 1.165) is 0 Å². The molecule has 7 heteroatoms. The summed E-state index contributed by atoms with van der Waals surface area (Å²) in [6.45, 7) is -0.165. The molecule has 0 saturated carbocycles. The second-order valence-corrected chi connectivity index (χ2v) is 7.33. The lowest BCUT2D eigenvalue weighted by Gasteiger charge is -2.23. The molecule has 1 aliphatic heterocycles. The van der Waals surface area contributed by atoms with E-state index in [1.807, 2.05) is 0 Å². The lowest BCUT2D eigenvalue weighted by molar-refractivity contribution is -0.157. The maximum absolute atomic E-state index is 13.1. The molecule has 2 rings (SSSR count). The fraction of sp³-hybridized carbons (Fsp3) is 0.538. The number of alkyl halides is 3. The zero-order valence-electron chi connectivity index (χ0n) is 10.7. The fourth-order valence-corrected chi connectivity index (χ4v) is 4.18. The van der Waals surface area contributed by atoms with E-state index in [9.17, 15) is 21.6 Å². The Balaban J connectivity index is 2.10. The molecule has 1 aromatic carbocycles. The minimum absolute atomic E-state index is 0.0708. The number of rotatable bonds is 4. The topological polar surface area (TPSA) is 46.2 Å². The van der Waals surface area contributed by atoms with Gasteiger partial charge in [-0.15, -0.1) is 0 Å². The van der Waals surface area contributed by atoms with Gasteiger partial charge in [0.15, 0.2) is 9.84 Å². The predicted molar refractivity (Wildman–Crippen MR) is 70.0 cm³/mol. The van der Waals surface area contributed by atoms with E-state index in [-0.39, 0.29) is 17.9 Å². The van der Waals surface area contributed by atoms with Crippen molar-refractivity contribution in [1.82, 2.24) is 5.32 Å². The van der Waals surface area contributed by atoms with Gasteiger partial charge in [-0.1, -0.05) is 30.3 Å². The molecular formula is C13H16F3NO2S. The fourth-order valence-electron chi connectivity index (χ4n) is 2.40. The molecule has 1 N–H and O–H groups in total. The summed E-state index contributed by atoms with van der Waals surface area (Å²) < 4.78 is 62.5. The minimum Gasteiger partial charge on any atom is -0.301 e. The van der Waals surface area contributed by atoms with Crippen LogP contribution in [0.25, 0.3) is 0 Å². The summed E-state index contributed by atoms with van der Waals surface area (Å²) in [6.07, 6.45) is -3.50. The van der Waals surface area contributed by atoms with Gasteiger partial charge in [0, 0.05) is 6.54 Å². The normalized spacial score (nSPS) is 23.6. The third-order valence-corrected chi connectivity index (χ3v) is 5.75. The number of nitrogens with one attached hydrogen (secondary N) is 1. The SMILES string of the molecule is O=S1(=O)CCCC1CNC(c1ccccc1)C(F)(F)F. The van der Waals surface area contributed by atoms with Crippen molar-refractivity contribution in [2.24, 2.45) is 0 Å². The second kappa shape index (κ2) is 5.73. The zero-order chi connectivity index (χ0) is 14.8. The largest absolute Gasteiger partial charge is 0.407 e. The van der Waals surface area contributed by atoms with Crippen LogP contribution in [-0.2, 0) is 9.84 Å². The molecular weight excluding hydrogens is 291 g/mol. The highest BCUT2D eigenvalue weighted by Gasteiger charge is 2.42. The molecule has 1 aromatic rings. The van der Waals surface area contributed by atoms with Crippen LogP contribution < -0.4 is 5.32 Å². The van der Waals surface area contributed by atoms with Gasteiger partial charge in [-0.2, -0.15) is 13.2 Å². The molecule has 1 saturated heterocycles. The number of benzene rings is 1. The van der Waals surface area contributed by atoms with Crippen LogP contribution in [0.3, 0.4) is 0 Å². The number of hydrogen-bond acceptors (Lipinski definition) is 3. The molecule has 3 nitrogen and oxygen atoms in total. The maximum Gasteiger partial charge on any atom is 0.407 e. The highest BCUT2D eigenvalue weighted by atomic mass is 32.2. The molecule has 0 amide bonds. The minimum atomic E-state index is -4.45. The van der Waals surface area contributed by atoms with Gasteiger partial charge in [-0.25, -0.2) is 8.42 Å². The Morgan fingerprint density at radius 3 is 2.40 bits per heavy atom. The van der Waals surface area contributed by atoms with E-state index in [2.05, 4.69) is 5.32 Å². The first-order chi connectivity index (χ1) is 9.31. The lowest BCUT2D eigenvalue weighted by atomic mass is 10.1. The maximum atomic E-state index is 13.1. The van der Waals surface area contributed by atoms with Crippen LogP contribution in [0.5, 0.6) is 0 Å². The summed E-state index contributed by atoms with van der Waals surface area (Å²) in [6, 6.07) is 5.63. The Hall–Kier alpha value is -1.08. The molecule has 0 spiro atoms. The van der Waals surface area contributed by atoms with Gasteiger partial charge >= 0.3 is 6.18 Å². The molecule has 112 valence electrons. The Morgan fingerprint density at radius 2 is 1.90 bits per heavy atom. The van der Waals surface area contributed by atoms with Gasteiger partial charge in [-0.05, 0) is 18.4 Å². The first kappa shape index (κ1) is 15.3. The van der Waals surface area contributed by atoms with Crippen molar-refractivity contribution < 1.29 is 21.6 Å². The average molecular weight is 307 g/mol. The average Bonchev–Trinajstić information content (AvgIpc) is 2.69. The Bertz CT molecular complexity index is 542. The van der Waals surface area contributed by atoms with Crippen LogP contribution in [0.1, 0.15) is 24.4 Å². The van der Waals surface area contributed by atoms with Crippen LogP contribution in [0, 0.1) is 0 Å². The third kappa shape index (κ3) is 3.52. The van der Waals surface area contributed by atoms with Crippen molar-refractivity contribution >= 4 is 9.84 Å². The summed E-state index contributed by atoms with van der Waals surface area (Å²) in [5, 5.41) is 1.66. The highest BCUT2D eigenvalue weighted by Crippen LogP contribution is 2.33. The molecule has 0 bridgehead atoms. The van der Waals surface area contributed by atoms with E-state index >= 15 is 0 Å². The molecule has 0 aromatic heterocycles. The molecule has 2 unspecified atom stereocenters. The molecule has 0 radical (unpaired) electrons. The molecule has 1 fully saturated rings. The second-order valence-electron chi connectivity index (χ2n) is 4.92. The number of hydrogen-bond donors (Lipinski definition) is 1. The van der Waals surface area contributed by atoms with Crippen LogP contribution in [0.4, 0.5) is 13.2 Å². The molecule has 1 heterocycles. The van der Waals surface area contributed by atoms with Gasteiger partial charge in [0.2, 0.25) is 0 Å². The monoisotopic (exact) mass is 307 g/mol. The summed E-state index contributed by atoms with van der Waals surface area (Å²) in [4.78, 5) is 0. The van der Waals surface area contributed by atoms with Crippen molar-refractivity contribution in [2.45, 2.75) is 30.3 Å². The summed E-state index contributed by atoms with van der Waals surface area (Å²) in [5.41, 5.74) is 0.0930. The Labute approximate surface area is 116 Å². The van der Waals surface area contributed by atoms with Gasteiger partial charge in [0.05, 0.1) is 11.0 Å². The smallest absolute Gasteiger partial charge is 0.301 e. The molecule has 2 atom stereocenters. The zero-order valence-corrected chi connectivity index (χ0v) is 11.5. The first-order valence-electron chi connectivity index (χ1n) is 6.37. The number of halogens is 3. The van der Waals surface area contributed by atoms with Gasteiger partial charge in [-0.3, -0.25) is 0 Å². The van der Waals surface area contributed by atoms with Crippen molar-refractivity contribution in [3.8, 4) is 0 Å².